The number of esters is 1. The molecule has 1 amide bonds. The maximum Gasteiger partial charge on any atom is 0.339 e. The van der Waals surface area contributed by atoms with E-state index < -0.39 is 17.9 Å². The number of aromatic nitrogens is 1. The van der Waals surface area contributed by atoms with Crippen molar-refractivity contribution in [3.63, 3.8) is 0 Å². The number of rotatable bonds is 6. The quantitative estimate of drug-likeness (QED) is 0.553. The number of methoxy groups -OCH3 is 3. The zero-order valence-electron chi connectivity index (χ0n) is 18.2. The fourth-order valence-electron chi connectivity index (χ4n) is 4.06. The Hall–Kier alpha value is -4.27. The molecule has 3 aromatic rings. The van der Waals surface area contributed by atoms with Crippen molar-refractivity contribution in [2.45, 2.75) is 12.3 Å². The number of anilines is 1. The first kappa shape index (κ1) is 21.9. The van der Waals surface area contributed by atoms with Gasteiger partial charge in [0, 0.05) is 24.6 Å². The van der Waals surface area contributed by atoms with Crippen LogP contribution >= 0.6 is 0 Å². The Labute approximate surface area is 189 Å². The predicted molar refractivity (Wildman–Crippen MR) is 119 cm³/mol. The molecule has 9 nitrogen and oxygen atoms in total. The molecule has 1 aromatic heterocycles. The number of carboxylic acid groups (broad SMARTS) is 1. The Morgan fingerprint density at radius 3 is 2.39 bits per heavy atom. The standard InChI is InChI=1S/C24H22N2O7/c1-31-15-8-9-19(32-2)18(10-15)26-12-17(23(28)29)21-22(26)16(11-20(27)25-21)13-4-6-14(7-5-13)24(30)33-3/h4-10,12,16H,11H2,1-3H3,(H,25,27)(H,28,29). The van der Waals surface area contributed by atoms with Gasteiger partial charge in [-0.25, -0.2) is 9.59 Å². The van der Waals surface area contributed by atoms with E-state index in [4.69, 9.17) is 14.2 Å². The third kappa shape index (κ3) is 3.89. The molecule has 0 saturated heterocycles. The fourth-order valence-corrected chi connectivity index (χ4v) is 4.06. The first-order valence-electron chi connectivity index (χ1n) is 10.1. The summed E-state index contributed by atoms with van der Waals surface area (Å²) in [7, 11) is 4.35. The summed E-state index contributed by atoms with van der Waals surface area (Å²) in [4.78, 5) is 36.4. The Balaban J connectivity index is 1.94. The van der Waals surface area contributed by atoms with Crippen molar-refractivity contribution in [3.05, 3.63) is 71.0 Å². The molecule has 2 N–H and O–H groups in total. The van der Waals surface area contributed by atoms with Gasteiger partial charge in [-0.2, -0.15) is 0 Å². The highest BCUT2D eigenvalue weighted by Crippen LogP contribution is 2.43. The summed E-state index contributed by atoms with van der Waals surface area (Å²) in [5.41, 5.74) is 2.46. The summed E-state index contributed by atoms with van der Waals surface area (Å²) in [6.45, 7) is 0. The number of carbonyl (C=O) groups excluding carboxylic acids is 2. The van der Waals surface area contributed by atoms with Crippen LogP contribution in [0.25, 0.3) is 5.69 Å². The average molecular weight is 450 g/mol. The van der Waals surface area contributed by atoms with Gasteiger partial charge in [0.05, 0.1) is 44.0 Å². The fraction of sp³-hybridized carbons (Fsp3) is 0.208. The molecule has 1 aliphatic rings. The van der Waals surface area contributed by atoms with Gasteiger partial charge in [-0.15, -0.1) is 0 Å². The second-order valence-corrected chi connectivity index (χ2v) is 7.43. The van der Waals surface area contributed by atoms with Crippen molar-refractivity contribution >= 4 is 23.5 Å². The first-order chi connectivity index (χ1) is 15.9. The van der Waals surface area contributed by atoms with Crippen LogP contribution in [0.3, 0.4) is 0 Å². The van der Waals surface area contributed by atoms with Crippen LogP contribution in [0.1, 0.15) is 44.3 Å². The highest BCUT2D eigenvalue weighted by Gasteiger charge is 2.35. The third-order valence-electron chi connectivity index (χ3n) is 5.64. The summed E-state index contributed by atoms with van der Waals surface area (Å²) in [6, 6.07) is 11.9. The normalized spacial score (nSPS) is 14.8. The van der Waals surface area contributed by atoms with Crippen molar-refractivity contribution in [1.29, 1.82) is 0 Å². The van der Waals surface area contributed by atoms with Crippen LogP contribution in [0.15, 0.2) is 48.7 Å². The van der Waals surface area contributed by atoms with Gasteiger partial charge in [-0.1, -0.05) is 12.1 Å². The van der Waals surface area contributed by atoms with Gasteiger partial charge in [0.2, 0.25) is 5.91 Å². The zero-order valence-corrected chi connectivity index (χ0v) is 18.2. The molecule has 2 aromatic carbocycles. The van der Waals surface area contributed by atoms with Crippen molar-refractivity contribution in [2.24, 2.45) is 0 Å². The lowest BCUT2D eigenvalue weighted by Crippen LogP contribution is -2.25. The predicted octanol–water partition coefficient (Wildman–Crippen LogP) is 3.45. The molecule has 0 saturated carbocycles. The number of nitrogens with zero attached hydrogens (tertiary/aromatic N) is 1. The van der Waals surface area contributed by atoms with E-state index in [2.05, 4.69) is 5.32 Å². The van der Waals surface area contributed by atoms with E-state index in [0.717, 1.165) is 5.56 Å². The number of nitrogens with one attached hydrogen (secondary N) is 1. The monoisotopic (exact) mass is 450 g/mol. The molecule has 0 aliphatic carbocycles. The van der Waals surface area contributed by atoms with Crippen molar-refractivity contribution < 1.29 is 33.7 Å². The molecule has 0 fully saturated rings. The van der Waals surface area contributed by atoms with Gasteiger partial charge >= 0.3 is 11.9 Å². The Kier molecular flexibility index (Phi) is 5.78. The van der Waals surface area contributed by atoms with E-state index in [0.29, 0.717) is 28.4 Å². The number of carboxylic acids is 1. The number of hydrogen-bond donors (Lipinski definition) is 2. The molecule has 4 rings (SSSR count). The molecule has 33 heavy (non-hydrogen) atoms. The number of fused-ring (bicyclic) bond motifs is 1. The van der Waals surface area contributed by atoms with Crippen LogP contribution < -0.4 is 14.8 Å². The molecule has 0 radical (unpaired) electrons. The van der Waals surface area contributed by atoms with Crippen molar-refractivity contribution in [2.75, 3.05) is 26.6 Å². The second-order valence-electron chi connectivity index (χ2n) is 7.43. The highest BCUT2D eigenvalue weighted by molar-refractivity contribution is 6.04. The lowest BCUT2D eigenvalue weighted by molar-refractivity contribution is -0.116. The molecule has 0 bridgehead atoms. The number of aromatic carboxylic acids is 1. The van der Waals surface area contributed by atoms with Crippen LogP contribution in [0.2, 0.25) is 0 Å². The summed E-state index contributed by atoms with van der Waals surface area (Å²) in [5, 5.41) is 12.5. The molecular formula is C24H22N2O7. The van der Waals surface area contributed by atoms with E-state index in [-0.39, 0.29) is 23.6 Å². The molecule has 2 heterocycles. The van der Waals surface area contributed by atoms with Gasteiger partial charge in [0.25, 0.3) is 0 Å². The minimum Gasteiger partial charge on any atom is -0.497 e. The maximum atomic E-state index is 12.5. The number of carbonyl (C=O) groups is 3. The molecule has 1 unspecified atom stereocenters. The topological polar surface area (TPSA) is 116 Å². The molecule has 170 valence electrons. The molecule has 0 spiro atoms. The Morgan fingerprint density at radius 1 is 1.06 bits per heavy atom. The molecule has 1 aliphatic heterocycles. The van der Waals surface area contributed by atoms with Gasteiger partial charge < -0.3 is 29.2 Å². The van der Waals surface area contributed by atoms with Gasteiger partial charge in [-0.3, -0.25) is 4.79 Å². The maximum absolute atomic E-state index is 12.5. The summed E-state index contributed by atoms with van der Waals surface area (Å²) >= 11 is 0. The lowest BCUT2D eigenvalue weighted by Gasteiger charge is -2.27. The largest absolute Gasteiger partial charge is 0.497 e. The Bertz CT molecular complexity index is 1240. The van der Waals surface area contributed by atoms with E-state index in [1.165, 1.54) is 27.5 Å². The number of amides is 1. The van der Waals surface area contributed by atoms with Gasteiger partial charge in [0.1, 0.15) is 17.1 Å². The zero-order chi connectivity index (χ0) is 23.7. The first-order valence-corrected chi connectivity index (χ1v) is 10.1. The average Bonchev–Trinajstić information content (AvgIpc) is 3.22. The van der Waals surface area contributed by atoms with Crippen molar-refractivity contribution in [1.82, 2.24) is 4.57 Å². The van der Waals surface area contributed by atoms with Crippen LogP contribution in [-0.2, 0) is 9.53 Å². The van der Waals surface area contributed by atoms with Gasteiger partial charge in [0.15, 0.2) is 0 Å². The van der Waals surface area contributed by atoms with Crippen LogP contribution in [0.5, 0.6) is 11.5 Å². The number of benzene rings is 2. The van der Waals surface area contributed by atoms with Gasteiger partial charge in [-0.05, 0) is 29.8 Å². The van der Waals surface area contributed by atoms with Crippen molar-refractivity contribution in [3.8, 4) is 17.2 Å². The highest BCUT2D eigenvalue weighted by atomic mass is 16.5. The lowest BCUT2D eigenvalue weighted by atomic mass is 9.87. The molecular weight excluding hydrogens is 428 g/mol. The van der Waals surface area contributed by atoms with Crippen LogP contribution in [0, 0.1) is 0 Å². The molecule has 9 heteroatoms. The summed E-state index contributed by atoms with van der Waals surface area (Å²) < 4.78 is 17.3. The van der Waals surface area contributed by atoms with Crippen LogP contribution in [0.4, 0.5) is 5.69 Å². The summed E-state index contributed by atoms with van der Waals surface area (Å²) in [5.74, 6) is -1.35. The molecule has 1 atom stereocenters. The second kappa shape index (κ2) is 8.70. The number of ether oxygens (including phenoxy) is 3. The summed E-state index contributed by atoms with van der Waals surface area (Å²) in [6.07, 6.45) is 1.56. The Morgan fingerprint density at radius 2 is 1.79 bits per heavy atom. The van der Waals surface area contributed by atoms with E-state index in [1.807, 2.05) is 0 Å². The van der Waals surface area contributed by atoms with E-state index in [1.54, 1.807) is 47.0 Å². The van der Waals surface area contributed by atoms with E-state index in [9.17, 15) is 19.5 Å². The van der Waals surface area contributed by atoms with E-state index >= 15 is 0 Å². The minimum absolute atomic E-state index is 0.0425. The minimum atomic E-state index is -1.17. The smallest absolute Gasteiger partial charge is 0.339 e. The SMILES string of the molecule is COC(=O)c1ccc(C2CC(=O)Nc3c(C(=O)O)cn(-c4cc(OC)ccc4OC)c32)cc1. The third-order valence-corrected chi connectivity index (χ3v) is 5.64. The van der Waals surface area contributed by atoms with Crippen LogP contribution in [-0.4, -0.2) is 48.8 Å². The number of hydrogen-bond acceptors (Lipinski definition) is 6.